The number of rotatable bonds is 3. The van der Waals surface area contributed by atoms with Crippen LogP contribution in [0.25, 0.3) is 5.82 Å². The average molecular weight is 317 g/mol. The maximum atomic E-state index is 12.7. The molecule has 0 bridgehead atoms. The second-order valence-electron chi connectivity index (χ2n) is 5.49. The quantitative estimate of drug-likeness (QED) is 0.890. The Labute approximate surface area is 133 Å². The summed E-state index contributed by atoms with van der Waals surface area (Å²) in [6.07, 6.45) is 2.51. The van der Waals surface area contributed by atoms with Crippen LogP contribution >= 0.6 is 0 Å². The number of aromatic nitrogens is 4. The Kier molecular flexibility index (Phi) is 4.24. The van der Waals surface area contributed by atoms with Gasteiger partial charge in [0.1, 0.15) is 0 Å². The maximum absolute atomic E-state index is 12.7. The molecule has 23 heavy (non-hydrogen) atoms. The molecule has 0 spiro atoms. The van der Waals surface area contributed by atoms with E-state index < -0.39 is 0 Å². The lowest BCUT2D eigenvalue weighted by atomic mass is 10.1. The SMILES string of the molecule is CC[C@@H]1CN(C(=O)c2cnn(-c3ccc(=O)[nH]n3)c2C)CCO1. The fourth-order valence-electron chi connectivity index (χ4n) is 2.63. The van der Waals surface area contributed by atoms with Gasteiger partial charge in [-0.3, -0.25) is 9.59 Å². The standard InChI is InChI=1S/C15H19N5O3/c1-3-11-9-19(6-7-23-11)15(22)12-8-16-20(10(12)2)13-4-5-14(21)18-17-13/h4-5,8,11H,3,6-7,9H2,1-2H3,(H,18,21)/t11-/m1/s1. The Hall–Kier alpha value is -2.48. The fraction of sp³-hybridized carbons (Fsp3) is 0.467. The van der Waals surface area contributed by atoms with Gasteiger partial charge in [0.15, 0.2) is 5.82 Å². The molecule has 1 aliphatic rings. The van der Waals surface area contributed by atoms with Gasteiger partial charge in [0.2, 0.25) is 0 Å². The first kappa shape index (κ1) is 15.4. The van der Waals surface area contributed by atoms with Crippen LogP contribution in [-0.2, 0) is 4.74 Å². The number of carbonyl (C=O) groups excluding carboxylic acids is 1. The molecule has 0 aromatic carbocycles. The topological polar surface area (TPSA) is 93.1 Å². The summed E-state index contributed by atoms with van der Waals surface area (Å²) in [5.41, 5.74) is 0.942. The second kappa shape index (κ2) is 6.33. The van der Waals surface area contributed by atoms with Crippen molar-refractivity contribution in [2.24, 2.45) is 0 Å². The molecule has 3 rings (SSSR count). The number of carbonyl (C=O) groups is 1. The molecule has 1 aliphatic heterocycles. The van der Waals surface area contributed by atoms with Crippen LogP contribution in [0.4, 0.5) is 0 Å². The zero-order chi connectivity index (χ0) is 16.4. The summed E-state index contributed by atoms with van der Waals surface area (Å²) in [6.45, 7) is 5.58. The third-order valence-corrected chi connectivity index (χ3v) is 4.00. The number of H-pyrrole nitrogens is 1. The van der Waals surface area contributed by atoms with Crippen LogP contribution in [-0.4, -0.2) is 56.6 Å². The molecule has 0 unspecified atom stereocenters. The number of hydrogen-bond donors (Lipinski definition) is 1. The molecule has 3 heterocycles. The molecule has 1 fully saturated rings. The number of amides is 1. The van der Waals surface area contributed by atoms with Gasteiger partial charge in [-0.05, 0) is 19.4 Å². The van der Waals surface area contributed by atoms with Crippen molar-refractivity contribution in [2.45, 2.75) is 26.4 Å². The molecule has 1 saturated heterocycles. The number of morpholine rings is 1. The van der Waals surface area contributed by atoms with E-state index in [-0.39, 0.29) is 17.6 Å². The minimum Gasteiger partial charge on any atom is -0.375 e. The molecule has 1 N–H and O–H groups in total. The first-order valence-corrected chi connectivity index (χ1v) is 7.61. The van der Waals surface area contributed by atoms with E-state index in [1.807, 2.05) is 13.8 Å². The van der Waals surface area contributed by atoms with Gasteiger partial charge in [0.25, 0.3) is 11.5 Å². The summed E-state index contributed by atoms with van der Waals surface area (Å²) in [4.78, 5) is 25.6. The van der Waals surface area contributed by atoms with E-state index in [2.05, 4.69) is 15.3 Å². The number of hydrogen-bond acceptors (Lipinski definition) is 5. The first-order valence-electron chi connectivity index (χ1n) is 7.61. The Bertz CT molecular complexity index is 746. The monoisotopic (exact) mass is 317 g/mol. The van der Waals surface area contributed by atoms with E-state index >= 15 is 0 Å². The van der Waals surface area contributed by atoms with Crippen molar-refractivity contribution >= 4 is 5.91 Å². The van der Waals surface area contributed by atoms with Gasteiger partial charge in [0.05, 0.1) is 30.2 Å². The number of aromatic amines is 1. The van der Waals surface area contributed by atoms with E-state index in [0.29, 0.717) is 36.8 Å². The summed E-state index contributed by atoms with van der Waals surface area (Å²) >= 11 is 0. The van der Waals surface area contributed by atoms with Gasteiger partial charge in [-0.2, -0.15) is 10.2 Å². The normalized spacial score (nSPS) is 18.2. The summed E-state index contributed by atoms with van der Waals surface area (Å²) < 4.78 is 7.14. The molecular formula is C15H19N5O3. The predicted octanol–water partition coefficient (Wildman–Crippen LogP) is 0.515. The smallest absolute Gasteiger partial charge is 0.264 e. The lowest BCUT2D eigenvalue weighted by Gasteiger charge is -2.32. The van der Waals surface area contributed by atoms with E-state index in [0.717, 1.165) is 6.42 Å². The highest BCUT2D eigenvalue weighted by Crippen LogP contribution is 2.16. The molecule has 1 amide bonds. The minimum absolute atomic E-state index is 0.0556. The summed E-state index contributed by atoms with van der Waals surface area (Å²) in [6, 6.07) is 2.94. The van der Waals surface area contributed by atoms with E-state index in [4.69, 9.17) is 4.74 Å². The Morgan fingerprint density at radius 3 is 3.00 bits per heavy atom. The van der Waals surface area contributed by atoms with Crippen LogP contribution in [0.2, 0.25) is 0 Å². The maximum Gasteiger partial charge on any atom is 0.264 e. The summed E-state index contributed by atoms with van der Waals surface area (Å²) in [5.74, 6) is 0.412. The van der Waals surface area contributed by atoms with E-state index in [1.165, 1.54) is 6.07 Å². The number of nitrogens with one attached hydrogen (secondary N) is 1. The minimum atomic E-state index is -0.284. The predicted molar refractivity (Wildman–Crippen MR) is 82.7 cm³/mol. The molecule has 8 heteroatoms. The molecule has 0 aliphatic carbocycles. The third-order valence-electron chi connectivity index (χ3n) is 4.00. The van der Waals surface area contributed by atoms with Gasteiger partial charge < -0.3 is 9.64 Å². The summed E-state index contributed by atoms with van der Waals surface area (Å²) in [7, 11) is 0. The van der Waals surface area contributed by atoms with Crippen molar-refractivity contribution in [1.29, 1.82) is 0 Å². The molecule has 2 aromatic heterocycles. The average Bonchev–Trinajstić information content (AvgIpc) is 2.96. The van der Waals surface area contributed by atoms with Crippen LogP contribution in [0.3, 0.4) is 0 Å². The zero-order valence-corrected chi connectivity index (χ0v) is 13.2. The van der Waals surface area contributed by atoms with Gasteiger partial charge >= 0.3 is 0 Å². The molecule has 0 radical (unpaired) electrons. The number of ether oxygens (including phenoxy) is 1. The van der Waals surface area contributed by atoms with Crippen molar-refractivity contribution in [3.63, 3.8) is 0 Å². The highest BCUT2D eigenvalue weighted by Gasteiger charge is 2.26. The molecule has 2 aromatic rings. The van der Waals surface area contributed by atoms with Crippen LogP contribution in [0.1, 0.15) is 29.4 Å². The van der Waals surface area contributed by atoms with Crippen LogP contribution in [0.5, 0.6) is 0 Å². The Balaban J connectivity index is 1.85. The highest BCUT2D eigenvalue weighted by molar-refractivity contribution is 5.95. The fourth-order valence-corrected chi connectivity index (χ4v) is 2.63. The van der Waals surface area contributed by atoms with Crippen molar-refractivity contribution in [3.05, 3.63) is 39.9 Å². The van der Waals surface area contributed by atoms with Gasteiger partial charge in [0, 0.05) is 19.2 Å². The van der Waals surface area contributed by atoms with Gasteiger partial charge in [-0.25, -0.2) is 9.78 Å². The van der Waals surface area contributed by atoms with Crippen LogP contribution < -0.4 is 5.56 Å². The lowest BCUT2D eigenvalue weighted by molar-refractivity contribution is -0.0226. The molecule has 8 nitrogen and oxygen atoms in total. The number of nitrogens with zero attached hydrogens (tertiary/aromatic N) is 4. The largest absolute Gasteiger partial charge is 0.375 e. The van der Waals surface area contributed by atoms with Crippen molar-refractivity contribution < 1.29 is 9.53 Å². The van der Waals surface area contributed by atoms with Crippen molar-refractivity contribution in [1.82, 2.24) is 24.9 Å². The second-order valence-corrected chi connectivity index (χ2v) is 5.49. The first-order chi connectivity index (χ1) is 11.1. The molecule has 0 saturated carbocycles. The molecule has 1 atom stereocenters. The lowest BCUT2D eigenvalue weighted by Crippen LogP contribution is -2.45. The van der Waals surface area contributed by atoms with E-state index in [9.17, 15) is 9.59 Å². The molecule has 122 valence electrons. The van der Waals surface area contributed by atoms with Crippen LogP contribution in [0, 0.1) is 6.92 Å². The van der Waals surface area contributed by atoms with Crippen molar-refractivity contribution in [2.75, 3.05) is 19.7 Å². The third kappa shape index (κ3) is 3.02. The summed E-state index contributed by atoms with van der Waals surface area (Å²) in [5, 5.41) is 10.5. The Morgan fingerprint density at radius 1 is 1.48 bits per heavy atom. The molecular weight excluding hydrogens is 298 g/mol. The van der Waals surface area contributed by atoms with Crippen molar-refractivity contribution in [3.8, 4) is 5.82 Å². The van der Waals surface area contributed by atoms with Gasteiger partial charge in [-0.1, -0.05) is 6.92 Å². The van der Waals surface area contributed by atoms with Gasteiger partial charge in [-0.15, -0.1) is 0 Å². The van der Waals surface area contributed by atoms with Crippen LogP contribution in [0.15, 0.2) is 23.1 Å². The van der Waals surface area contributed by atoms with E-state index in [1.54, 1.807) is 21.8 Å². The Morgan fingerprint density at radius 2 is 2.30 bits per heavy atom. The zero-order valence-electron chi connectivity index (χ0n) is 13.2. The highest BCUT2D eigenvalue weighted by atomic mass is 16.5.